The number of amides is 2. The summed E-state index contributed by atoms with van der Waals surface area (Å²) in [7, 11) is 0. The van der Waals surface area contributed by atoms with Crippen molar-refractivity contribution in [1.29, 1.82) is 0 Å². The molecule has 0 aliphatic carbocycles. The smallest absolute Gasteiger partial charge is 0.327 e. The molecule has 0 radical (unpaired) electrons. The average Bonchev–Trinajstić information content (AvgIpc) is 3.13. The topological polar surface area (TPSA) is 147 Å². The molecule has 4 atom stereocenters. The van der Waals surface area contributed by atoms with E-state index in [4.69, 9.17) is 15.2 Å². The summed E-state index contributed by atoms with van der Waals surface area (Å²) in [6, 6.07) is -0.585. The highest BCUT2D eigenvalue weighted by Crippen LogP contribution is 2.25. The van der Waals surface area contributed by atoms with Gasteiger partial charge in [-0.2, -0.15) is 0 Å². The van der Waals surface area contributed by atoms with Crippen LogP contribution in [0.25, 0.3) is 0 Å². The van der Waals surface area contributed by atoms with Gasteiger partial charge in [0.25, 0.3) is 0 Å². The van der Waals surface area contributed by atoms with Gasteiger partial charge in [-0.3, -0.25) is 15.0 Å². The molecule has 0 aromatic heterocycles. The number of esters is 1. The zero-order chi connectivity index (χ0) is 26.2. The van der Waals surface area contributed by atoms with Crippen molar-refractivity contribution in [1.82, 2.24) is 10.2 Å². The van der Waals surface area contributed by atoms with Crippen molar-refractivity contribution in [2.75, 3.05) is 13.3 Å². The van der Waals surface area contributed by atoms with E-state index in [0.717, 1.165) is 24.2 Å². The number of ether oxygens (including phenoxy) is 2. The number of hydrogen-bond donors (Lipinski definition) is 4. The molecular weight excluding hydrogens is 464 g/mol. The fourth-order valence-corrected chi connectivity index (χ4v) is 4.35. The van der Waals surface area contributed by atoms with Crippen LogP contribution in [0.5, 0.6) is 0 Å². The largest absolute Gasteiger partial charge is 0.463 e. The van der Waals surface area contributed by atoms with Crippen LogP contribution in [0.3, 0.4) is 0 Å². The minimum Gasteiger partial charge on any atom is -0.463 e. The maximum atomic E-state index is 12.0. The molecule has 0 unspecified atom stereocenters. The first-order chi connectivity index (χ1) is 17.4. The summed E-state index contributed by atoms with van der Waals surface area (Å²) in [5.41, 5.74) is 5.45. The van der Waals surface area contributed by atoms with Crippen molar-refractivity contribution in [3.8, 4) is 0 Å². The quantitative estimate of drug-likeness (QED) is 0.126. The predicted octanol–water partition coefficient (Wildman–Crippen LogP) is 3.31. The summed E-state index contributed by atoms with van der Waals surface area (Å²) >= 11 is 0. The van der Waals surface area contributed by atoms with Gasteiger partial charge < -0.3 is 25.4 Å². The number of nitrogens with two attached hydrogens (primary N) is 1. The Kier molecular flexibility index (Phi) is 14.5. The van der Waals surface area contributed by atoms with Crippen LogP contribution in [0.2, 0.25) is 0 Å². The number of nitrogens with one attached hydrogen (secondary N) is 1. The zero-order valence-corrected chi connectivity index (χ0v) is 21.8. The van der Waals surface area contributed by atoms with Crippen LogP contribution in [-0.4, -0.2) is 70.9 Å². The summed E-state index contributed by atoms with van der Waals surface area (Å²) < 4.78 is 10.8. The van der Waals surface area contributed by atoms with Crippen molar-refractivity contribution in [3.05, 3.63) is 12.2 Å². The number of aliphatic hydroxyl groups is 2. The molecule has 0 saturated carbocycles. The Labute approximate surface area is 215 Å². The van der Waals surface area contributed by atoms with Gasteiger partial charge in [0.15, 0.2) is 12.2 Å². The zero-order valence-electron chi connectivity index (χ0n) is 21.8. The molecular formula is C26H46N4O6. The third kappa shape index (κ3) is 10.8. The van der Waals surface area contributed by atoms with Gasteiger partial charge in [0.2, 0.25) is 0 Å². The van der Waals surface area contributed by atoms with Crippen LogP contribution in [-0.2, 0) is 14.3 Å². The van der Waals surface area contributed by atoms with Gasteiger partial charge in [-0.15, -0.1) is 0 Å². The van der Waals surface area contributed by atoms with Crippen LogP contribution >= 0.6 is 0 Å². The van der Waals surface area contributed by atoms with E-state index in [2.05, 4.69) is 29.4 Å². The van der Waals surface area contributed by atoms with Gasteiger partial charge in [0.05, 0.1) is 0 Å². The van der Waals surface area contributed by atoms with Crippen molar-refractivity contribution < 1.29 is 29.3 Å². The predicted molar refractivity (Wildman–Crippen MR) is 138 cm³/mol. The fourth-order valence-electron chi connectivity index (χ4n) is 4.35. The molecule has 5 N–H and O–H groups in total. The summed E-state index contributed by atoms with van der Waals surface area (Å²) in [6.45, 7) is 1.94. The lowest BCUT2D eigenvalue weighted by Crippen LogP contribution is -2.56. The maximum absolute atomic E-state index is 12.0. The lowest BCUT2D eigenvalue weighted by Gasteiger charge is -2.31. The molecule has 2 aliphatic rings. The number of allylic oxidation sites excluding steroid dienone is 2. The average molecular weight is 511 g/mol. The van der Waals surface area contributed by atoms with E-state index in [0.29, 0.717) is 6.42 Å². The summed E-state index contributed by atoms with van der Waals surface area (Å²) in [5, 5.41) is 22.8. The molecule has 36 heavy (non-hydrogen) atoms. The third-order valence-electron chi connectivity index (χ3n) is 6.58. The number of guanidine groups is 1. The Balaban J connectivity index is 1.48. The first-order valence-electron chi connectivity index (χ1n) is 13.6. The molecule has 2 amide bonds. The molecule has 0 aromatic carbocycles. The van der Waals surface area contributed by atoms with Crippen molar-refractivity contribution >= 4 is 18.0 Å². The normalized spacial score (nSPS) is 24.2. The van der Waals surface area contributed by atoms with E-state index >= 15 is 0 Å². The van der Waals surface area contributed by atoms with Gasteiger partial charge >= 0.3 is 12.0 Å². The molecule has 10 nitrogen and oxygen atoms in total. The summed E-state index contributed by atoms with van der Waals surface area (Å²) in [5.74, 6) is -0.403. The molecule has 206 valence electrons. The Morgan fingerprint density at radius 1 is 1.06 bits per heavy atom. The molecule has 0 spiro atoms. The van der Waals surface area contributed by atoms with Gasteiger partial charge in [0, 0.05) is 6.42 Å². The molecule has 1 fully saturated rings. The number of unbranched alkanes of at least 4 members (excludes halogenated alkanes) is 11. The summed E-state index contributed by atoms with van der Waals surface area (Å²) in [4.78, 5) is 29.1. The first kappa shape index (κ1) is 30.1. The number of carbonyl (C=O) groups excluding carboxylic acids is 2. The number of hydrogen-bond acceptors (Lipinski definition) is 8. The molecule has 10 heteroatoms. The van der Waals surface area contributed by atoms with Gasteiger partial charge in [-0.05, 0) is 32.1 Å². The Hall–Kier alpha value is -2.17. The number of aliphatic imine (C=N–C) groups is 1. The third-order valence-corrected chi connectivity index (χ3v) is 6.58. The molecule has 2 rings (SSSR count). The van der Waals surface area contributed by atoms with Crippen molar-refractivity contribution in [3.63, 3.8) is 0 Å². The maximum Gasteiger partial charge on any atom is 0.327 e. The van der Waals surface area contributed by atoms with Gasteiger partial charge in [-0.25, -0.2) is 9.79 Å². The van der Waals surface area contributed by atoms with Crippen LogP contribution in [0.1, 0.15) is 96.8 Å². The molecule has 0 bridgehead atoms. The Morgan fingerprint density at radius 3 is 2.31 bits per heavy atom. The monoisotopic (exact) mass is 510 g/mol. The number of urea groups is 1. The van der Waals surface area contributed by atoms with Gasteiger partial charge in [-0.1, -0.05) is 70.4 Å². The summed E-state index contributed by atoms with van der Waals surface area (Å²) in [6.07, 6.45) is 15.7. The Bertz CT molecular complexity index is 717. The molecule has 1 saturated heterocycles. The minimum atomic E-state index is -1.35. The SMILES string of the molecule is CCCCCCCCCCC/C=C\CCCCC(=O)OC[C@H]1O[C@@H](N2CN=C(N)NC2=O)[C@H](O)[C@@H]1O. The minimum absolute atomic E-state index is 0.0240. The van der Waals surface area contributed by atoms with E-state index < -0.39 is 30.6 Å². The highest BCUT2D eigenvalue weighted by atomic mass is 16.6. The van der Waals surface area contributed by atoms with Crippen LogP contribution in [0.15, 0.2) is 17.1 Å². The highest BCUT2D eigenvalue weighted by Gasteiger charge is 2.47. The molecule has 2 heterocycles. The van der Waals surface area contributed by atoms with Crippen LogP contribution in [0, 0.1) is 0 Å². The van der Waals surface area contributed by atoms with Gasteiger partial charge in [0.1, 0.15) is 31.6 Å². The lowest BCUT2D eigenvalue weighted by atomic mass is 10.1. The van der Waals surface area contributed by atoms with Crippen LogP contribution in [0.4, 0.5) is 4.79 Å². The second-order valence-electron chi connectivity index (χ2n) is 9.65. The van der Waals surface area contributed by atoms with Crippen LogP contribution < -0.4 is 11.1 Å². The van der Waals surface area contributed by atoms with E-state index in [9.17, 15) is 19.8 Å². The molecule has 0 aromatic rings. The lowest BCUT2D eigenvalue weighted by molar-refractivity contribution is -0.151. The highest BCUT2D eigenvalue weighted by molar-refractivity contribution is 5.96. The number of rotatable bonds is 18. The number of aliphatic hydroxyl groups excluding tert-OH is 2. The standard InChI is InChI=1S/C26H46N4O6/c1-2-3-4-5-6-7-8-9-10-11-12-13-14-15-16-17-21(31)35-18-20-22(32)23(33)24(36-20)30-19-28-25(27)29-26(30)34/h12-13,20,22-24,32-33H,2-11,14-19H2,1H3,(H3,27,28,29,34)/b13-12-/t20-,22-,23-,24-/m1/s1. The van der Waals surface area contributed by atoms with E-state index in [1.807, 2.05) is 0 Å². The Morgan fingerprint density at radius 2 is 1.67 bits per heavy atom. The second-order valence-corrected chi connectivity index (χ2v) is 9.65. The van der Waals surface area contributed by atoms with Crippen molar-refractivity contribution in [2.45, 2.75) is 121 Å². The number of nitrogens with zero attached hydrogens (tertiary/aromatic N) is 2. The van der Waals surface area contributed by atoms with E-state index in [-0.39, 0.29) is 31.6 Å². The molecule has 2 aliphatic heterocycles. The van der Waals surface area contributed by atoms with Crippen molar-refractivity contribution in [2.24, 2.45) is 10.7 Å². The van der Waals surface area contributed by atoms with E-state index in [1.165, 1.54) is 57.8 Å². The van der Waals surface area contributed by atoms with E-state index in [1.54, 1.807) is 0 Å². The number of carbonyl (C=O) groups is 2. The first-order valence-corrected chi connectivity index (χ1v) is 13.6. The second kappa shape index (κ2) is 17.3. The fraction of sp³-hybridized carbons (Fsp3) is 0.808.